The molecule has 1 aromatic heterocycles. The quantitative estimate of drug-likeness (QED) is 0.411. The predicted molar refractivity (Wildman–Crippen MR) is 47.5 cm³/mol. The number of methoxy groups -OCH3 is 1. The van der Waals surface area contributed by atoms with Crippen molar-refractivity contribution in [2.45, 2.75) is 0 Å². The third-order valence-electron chi connectivity index (χ3n) is 1.43. The largest absolute Gasteiger partial charge is 0.480 e. The van der Waals surface area contributed by atoms with E-state index in [1.54, 1.807) is 0 Å². The molecule has 0 fully saturated rings. The van der Waals surface area contributed by atoms with E-state index in [1.807, 2.05) is 5.43 Å². The van der Waals surface area contributed by atoms with Crippen LogP contribution in [-0.4, -0.2) is 18.0 Å². The van der Waals surface area contributed by atoms with Gasteiger partial charge < -0.3 is 4.74 Å². The molecular weight excluding hydrogens is 194 g/mol. The van der Waals surface area contributed by atoms with Gasteiger partial charge in [-0.15, -0.1) is 0 Å². The Morgan fingerprint density at radius 1 is 1.77 bits per heavy atom. The number of pyridine rings is 1. The second-order valence-corrected chi connectivity index (χ2v) is 2.53. The lowest BCUT2D eigenvalue weighted by atomic mass is 10.2. The highest BCUT2D eigenvalue weighted by molar-refractivity contribution is 6.35. The topological polar surface area (TPSA) is 77.2 Å². The molecule has 0 saturated heterocycles. The average molecular weight is 202 g/mol. The molecule has 0 spiro atoms. The molecule has 0 aromatic carbocycles. The molecule has 6 heteroatoms. The molecule has 0 radical (unpaired) electrons. The Labute approximate surface area is 79.8 Å². The lowest BCUT2D eigenvalue weighted by Gasteiger charge is -2.05. The second kappa shape index (κ2) is 4.06. The first-order valence-corrected chi connectivity index (χ1v) is 3.78. The van der Waals surface area contributed by atoms with Crippen LogP contribution in [0.1, 0.15) is 10.4 Å². The molecule has 1 amide bonds. The van der Waals surface area contributed by atoms with Crippen LogP contribution >= 0.6 is 11.6 Å². The van der Waals surface area contributed by atoms with Gasteiger partial charge in [-0.25, -0.2) is 10.8 Å². The minimum absolute atomic E-state index is 0.146. The van der Waals surface area contributed by atoms with E-state index in [1.165, 1.54) is 19.4 Å². The van der Waals surface area contributed by atoms with E-state index < -0.39 is 5.91 Å². The van der Waals surface area contributed by atoms with E-state index >= 15 is 0 Å². The fourth-order valence-electron chi connectivity index (χ4n) is 0.820. The van der Waals surface area contributed by atoms with Crippen LogP contribution in [0.2, 0.25) is 5.02 Å². The van der Waals surface area contributed by atoms with Gasteiger partial charge in [0, 0.05) is 6.20 Å². The predicted octanol–water partition coefficient (Wildman–Crippen LogP) is 0.347. The van der Waals surface area contributed by atoms with Crippen LogP contribution in [0.25, 0.3) is 0 Å². The van der Waals surface area contributed by atoms with E-state index in [-0.39, 0.29) is 16.5 Å². The fraction of sp³-hybridized carbons (Fsp3) is 0.143. The number of halogens is 1. The molecule has 0 atom stereocenters. The maximum absolute atomic E-state index is 11.1. The number of hydrogen-bond acceptors (Lipinski definition) is 4. The first-order valence-electron chi connectivity index (χ1n) is 3.40. The average Bonchev–Trinajstić information content (AvgIpc) is 2.17. The van der Waals surface area contributed by atoms with Gasteiger partial charge in [0.2, 0.25) is 5.88 Å². The summed E-state index contributed by atoms with van der Waals surface area (Å²) in [4.78, 5) is 14.9. The monoisotopic (exact) mass is 201 g/mol. The standard InChI is InChI=1S/C7H8ClN3O2/c1-13-7-5(8)4(2-3-10-7)6(12)11-9/h2-3H,9H2,1H3,(H,11,12). The van der Waals surface area contributed by atoms with Gasteiger partial charge in [0.1, 0.15) is 5.02 Å². The van der Waals surface area contributed by atoms with Crippen LogP contribution in [0.15, 0.2) is 12.3 Å². The zero-order valence-electron chi connectivity index (χ0n) is 6.87. The van der Waals surface area contributed by atoms with Crippen LogP contribution in [0, 0.1) is 0 Å². The third kappa shape index (κ3) is 1.88. The van der Waals surface area contributed by atoms with E-state index in [9.17, 15) is 4.79 Å². The van der Waals surface area contributed by atoms with Crippen LogP contribution in [-0.2, 0) is 0 Å². The summed E-state index contributed by atoms with van der Waals surface area (Å²) in [6.07, 6.45) is 1.41. The first kappa shape index (κ1) is 9.76. The van der Waals surface area contributed by atoms with Gasteiger partial charge in [0.25, 0.3) is 5.91 Å². The molecular formula is C7H8ClN3O2. The van der Waals surface area contributed by atoms with Crippen LogP contribution in [0.5, 0.6) is 5.88 Å². The van der Waals surface area contributed by atoms with Crippen molar-refractivity contribution in [3.8, 4) is 5.88 Å². The van der Waals surface area contributed by atoms with Crippen molar-refractivity contribution < 1.29 is 9.53 Å². The third-order valence-corrected chi connectivity index (χ3v) is 1.79. The molecule has 13 heavy (non-hydrogen) atoms. The van der Waals surface area contributed by atoms with Gasteiger partial charge in [0.05, 0.1) is 12.7 Å². The van der Waals surface area contributed by atoms with Crippen LogP contribution in [0.4, 0.5) is 0 Å². The highest BCUT2D eigenvalue weighted by Gasteiger charge is 2.13. The number of nitrogens with one attached hydrogen (secondary N) is 1. The van der Waals surface area contributed by atoms with Gasteiger partial charge >= 0.3 is 0 Å². The van der Waals surface area contributed by atoms with Crippen molar-refractivity contribution in [1.29, 1.82) is 0 Å². The second-order valence-electron chi connectivity index (χ2n) is 2.16. The summed E-state index contributed by atoms with van der Waals surface area (Å²) in [5.74, 6) is 4.66. The Balaban J connectivity index is 3.15. The Morgan fingerprint density at radius 2 is 2.46 bits per heavy atom. The van der Waals surface area contributed by atoms with Gasteiger partial charge in [-0.3, -0.25) is 10.2 Å². The summed E-state index contributed by atoms with van der Waals surface area (Å²) in [5, 5.41) is 0.146. The van der Waals surface area contributed by atoms with E-state index in [0.29, 0.717) is 0 Å². The van der Waals surface area contributed by atoms with Crippen LogP contribution in [0.3, 0.4) is 0 Å². The van der Waals surface area contributed by atoms with Gasteiger partial charge in [-0.05, 0) is 6.07 Å². The molecule has 1 heterocycles. The Hall–Kier alpha value is -1.33. The summed E-state index contributed by atoms with van der Waals surface area (Å²) in [6, 6.07) is 1.45. The molecule has 0 aliphatic rings. The Bertz CT molecular complexity index is 330. The number of hydrogen-bond donors (Lipinski definition) is 2. The lowest BCUT2D eigenvalue weighted by molar-refractivity contribution is 0.0953. The number of carbonyl (C=O) groups is 1. The Morgan fingerprint density at radius 3 is 3.00 bits per heavy atom. The number of rotatable bonds is 2. The SMILES string of the molecule is COc1nccc(C(=O)NN)c1Cl. The normalized spacial score (nSPS) is 9.46. The van der Waals surface area contributed by atoms with E-state index in [0.717, 1.165) is 0 Å². The number of ether oxygens (including phenoxy) is 1. The van der Waals surface area contributed by atoms with Crippen molar-refractivity contribution in [3.63, 3.8) is 0 Å². The number of nitrogens with two attached hydrogens (primary N) is 1. The summed E-state index contributed by atoms with van der Waals surface area (Å²) in [5.41, 5.74) is 2.20. The molecule has 5 nitrogen and oxygen atoms in total. The van der Waals surface area contributed by atoms with Crippen molar-refractivity contribution in [3.05, 3.63) is 22.8 Å². The van der Waals surface area contributed by atoms with Crippen LogP contribution < -0.4 is 16.0 Å². The molecule has 0 bridgehead atoms. The van der Waals surface area contributed by atoms with E-state index in [4.69, 9.17) is 22.2 Å². The maximum Gasteiger partial charge on any atom is 0.266 e. The molecule has 0 saturated carbocycles. The number of aromatic nitrogens is 1. The number of hydrazine groups is 1. The maximum atomic E-state index is 11.1. The Kier molecular flexibility index (Phi) is 3.05. The number of amides is 1. The molecule has 0 aliphatic heterocycles. The molecule has 3 N–H and O–H groups in total. The highest BCUT2D eigenvalue weighted by Crippen LogP contribution is 2.24. The van der Waals surface area contributed by atoms with E-state index in [2.05, 4.69) is 4.98 Å². The van der Waals surface area contributed by atoms with Crippen molar-refractivity contribution >= 4 is 17.5 Å². The minimum Gasteiger partial charge on any atom is -0.480 e. The molecule has 70 valence electrons. The highest BCUT2D eigenvalue weighted by atomic mass is 35.5. The van der Waals surface area contributed by atoms with Crippen molar-refractivity contribution in [1.82, 2.24) is 10.4 Å². The minimum atomic E-state index is -0.481. The molecule has 1 rings (SSSR count). The first-order chi connectivity index (χ1) is 6.20. The molecule has 0 aliphatic carbocycles. The lowest BCUT2D eigenvalue weighted by Crippen LogP contribution is -2.30. The summed E-state index contributed by atoms with van der Waals surface area (Å²) in [6.45, 7) is 0. The summed E-state index contributed by atoms with van der Waals surface area (Å²) in [7, 11) is 1.42. The van der Waals surface area contributed by atoms with Gasteiger partial charge in [-0.2, -0.15) is 0 Å². The smallest absolute Gasteiger partial charge is 0.266 e. The zero-order valence-corrected chi connectivity index (χ0v) is 7.63. The summed E-state index contributed by atoms with van der Waals surface area (Å²) < 4.78 is 4.82. The number of nitrogen functional groups attached to an aromatic ring is 1. The molecule has 1 aromatic rings. The number of carbonyl (C=O) groups excluding carboxylic acids is 1. The van der Waals surface area contributed by atoms with Gasteiger partial charge in [-0.1, -0.05) is 11.6 Å². The number of nitrogens with zero attached hydrogens (tertiary/aromatic N) is 1. The van der Waals surface area contributed by atoms with Crippen molar-refractivity contribution in [2.75, 3.05) is 7.11 Å². The molecule has 0 unspecified atom stereocenters. The zero-order chi connectivity index (χ0) is 9.84. The van der Waals surface area contributed by atoms with Gasteiger partial charge in [0.15, 0.2) is 0 Å². The summed E-state index contributed by atoms with van der Waals surface area (Å²) >= 11 is 5.78. The fourth-order valence-corrected chi connectivity index (χ4v) is 1.09. The van der Waals surface area contributed by atoms with Crippen molar-refractivity contribution in [2.24, 2.45) is 5.84 Å².